The summed E-state index contributed by atoms with van der Waals surface area (Å²) in [5, 5.41) is 10.9. The van der Waals surface area contributed by atoms with Crippen LogP contribution in [-0.2, 0) is 12.8 Å². The van der Waals surface area contributed by atoms with Gasteiger partial charge in [0.2, 0.25) is 0 Å². The average Bonchev–Trinajstić information content (AvgIpc) is 3.03. The number of hydrogen-bond acceptors (Lipinski definition) is 4. The topological polar surface area (TPSA) is 62.8 Å². The van der Waals surface area contributed by atoms with Gasteiger partial charge in [-0.2, -0.15) is 5.10 Å². The molecule has 1 fully saturated rings. The van der Waals surface area contributed by atoms with Gasteiger partial charge >= 0.3 is 0 Å². The third kappa shape index (κ3) is 3.61. The van der Waals surface area contributed by atoms with Crippen molar-refractivity contribution >= 4 is 0 Å². The molecule has 1 aromatic carbocycles. The van der Waals surface area contributed by atoms with Crippen molar-refractivity contribution in [1.29, 1.82) is 0 Å². The number of aromatic amines is 1. The van der Waals surface area contributed by atoms with Gasteiger partial charge in [0, 0.05) is 12.3 Å². The molecule has 1 aliphatic heterocycles. The number of benzene rings is 1. The molecule has 0 amide bonds. The minimum atomic E-state index is 0.511. The molecule has 1 saturated heterocycles. The summed E-state index contributed by atoms with van der Waals surface area (Å²) >= 11 is 0. The van der Waals surface area contributed by atoms with E-state index in [1.54, 1.807) is 7.11 Å². The van der Waals surface area contributed by atoms with Crippen LogP contribution in [0.5, 0.6) is 5.75 Å². The first-order valence-electron chi connectivity index (χ1n) is 7.60. The van der Waals surface area contributed by atoms with E-state index in [1.807, 2.05) is 12.1 Å². The van der Waals surface area contributed by atoms with E-state index in [2.05, 4.69) is 32.6 Å². The Hall–Kier alpha value is -1.88. The predicted octanol–water partition coefficient (Wildman–Crippen LogP) is 2.07. The summed E-state index contributed by atoms with van der Waals surface area (Å²) in [6, 6.07) is 8.19. The first kappa shape index (κ1) is 14.1. The van der Waals surface area contributed by atoms with Crippen molar-refractivity contribution in [3.8, 4) is 5.75 Å². The molecule has 0 unspecified atom stereocenters. The molecule has 1 aromatic heterocycles. The van der Waals surface area contributed by atoms with Crippen molar-refractivity contribution < 1.29 is 4.74 Å². The van der Waals surface area contributed by atoms with Crippen LogP contribution in [0.4, 0.5) is 0 Å². The number of rotatable bonds is 5. The van der Waals surface area contributed by atoms with E-state index in [-0.39, 0.29) is 0 Å². The first-order chi connectivity index (χ1) is 10.3. The molecule has 0 radical (unpaired) electrons. The molecule has 21 heavy (non-hydrogen) atoms. The minimum absolute atomic E-state index is 0.511. The fraction of sp³-hybridized carbons (Fsp3) is 0.500. The van der Waals surface area contributed by atoms with E-state index >= 15 is 0 Å². The first-order valence-corrected chi connectivity index (χ1v) is 7.60. The fourth-order valence-electron chi connectivity index (χ4n) is 2.74. The molecule has 112 valence electrons. The van der Waals surface area contributed by atoms with E-state index in [4.69, 9.17) is 4.74 Å². The molecule has 0 bridgehead atoms. The van der Waals surface area contributed by atoms with E-state index in [0.29, 0.717) is 5.92 Å². The lowest BCUT2D eigenvalue weighted by Crippen LogP contribution is -2.27. The van der Waals surface area contributed by atoms with Crippen LogP contribution in [0.1, 0.15) is 36.0 Å². The number of aromatic nitrogens is 3. The van der Waals surface area contributed by atoms with Gasteiger partial charge in [0.15, 0.2) is 5.82 Å². The number of ether oxygens (including phenoxy) is 1. The maximum Gasteiger partial charge on any atom is 0.153 e. The predicted molar refractivity (Wildman–Crippen MR) is 81.6 cm³/mol. The lowest BCUT2D eigenvalue weighted by Gasteiger charge is -2.19. The number of methoxy groups -OCH3 is 1. The Labute approximate surface area is 125 Å². The van der Waals surface area contributed by atoms with E-state index in [1.165, 1.54) is 5.56 Å². The van der Waals surface area contributed by atoms with E-state index in [9.17, 15) is 0 Å². The average molecular weight is 286 g/mol. The minimum Gasteiger partial charge on any atom is -0.497 e. The summed E-state index contributed by atoms with van der Waals surface area (Å²) in [5.74, 6) is 3.38. The summed E-state index contributed by atoms with van der Waals surface area (Å²) in [5.41, 5.74) is 1.29. The number of nitrogens with zero attached hydrogens (tertiary/aromatic N) is 2. The molecule has 0 saturated carbocycles. The monoisotopic (exact) mass is 286 g/mol. The van der Waals surface area contributed by atoms with Gasteiger partial charge in [-0.1, -0.05) is 12.1 Å². The largest absolute Gasteiger partial charge is 0.497 e. The molecular formula is C16H22N4O. The van der Waals surface area contributed by atoms with Gasteiger partial charge in [0.1, 0.15) is 11.6 Å². The zero-order chi connectivity index (χ0) is 14.5. The zero-order valence-corrected chi connectivity index (χ0v) is 12.4. The lowest BCUT2D eigenvalue weighted by molar-refractivity contribution is 0.414. The van der Waals surface area contributed by atoms with Crippen LogP contribution in [0.2, 0.25) is 0 Å². The van der Waals surface area contributed by atoms with Crippen molar-refractivity contribution in [2.24, 2.45) is 0 Å². The lowest BCUT2D eigenvalue weighted by atomic mass is 9.98. The molecule has 0 spiro atoms. The van der Waals surface area contributed by atoms with Crippen molar-refractivity contribution in [3.05, 3.63) is 41.5 Å². The molecule has 2 aromatic rings. The third-order valence-electron chi connectivity index (χ3n) is 4.06. The van der Waals surface area contributed by atoms with Crippen LogP contribution in [0.25, 0.3) is 0 Å². The van der Waals surface area contributed by atoms with Crippen molar-refractivity contribution in [1.82, 2.24) is 20.5 Å². The highest BCUT2D eigenvalue weighted by atomic mass is 16.5. The smallest absolute Gasteiger partial charge is 0.153 e. The second-order valence-corrected chi connectivity index (χ2v) is 5.51. The Bertz CT molecular complexity index is 558. The van der Waals surface area contributed by atoms with Crippen LogP contribution < -0.4 is 10.1 Å². The highest BCUT2D eigenvalue weighted by molar-refractivity contribution is 5.27. The summed E-state index contributed by atoms with van der Waals surface area (Å²) in [6.45, 7) is 2.14. The Morgan fingerprint density at radius 2 is 1.90 bits per heavy atom. The molecule has 0 atom stereocenters. The molecule has 1 aliphatic rings. The van der Waals surface area contributed by atoms with E-state index in [0.717, 1.165) is 56.2 Å². The number of piperidine rings is 1. The number of aryl methyl sites for hydroxylation is 2. The summed E-state index contributed by atoms with van der Waals surface area (Å²) in [7, 11) is 1.69. The molecular weight excluding hydrogens is 264 g/mol. The summed E-state index contributed by atoms with van der Waals surface area (Å²) in [4.78, 5) is 4.66. The maximum atomic E-state index is 5.17. The second-order valence-electron chi connectivity index (χ2n) is 5.51. The van der Waals surface area contributed by atoms with Gasteiger partial charge in [-0.25, -0.2) is 4.98 Å². The highest BCUT2D eigenvalue weighted by Gasteiger charge is 2.19. The number of nitrogens with one attached hydrogen (secondary N) is 2. The zero-order valence-electron chi connectivity index (χ0n) is 12.4. The quantitative estimate of drug-likeness (QED) is 0.883. The van der Waals surface area contributed by atoms with Gasteiger partial charge in [-0.15, -0.1) is 0 Å². The third-order valence-corrected chi connectivity index (χ3v) is 4.06. The molecule has 5 nitrogen and oxygen atoms in total. The molecule has 0 aliphatic carbocycles. The molecule has 2 N–H and O–H groups in total. The van der Waals surface area contributed by atoms with Gasteiger partial charge in [-0.05, 0) is 50.0 Å². The highest BCUT2D eigenvalue weighted by Crippen LogP contribution is 2.21. The standard InChI is InChI=1S/C16H22N4O/c1-21-14-5-2-12(3-6-14)4-7-15-18-16(20-19-15)13-8-10-17-11-9-13/h2-3,5-6,13,17H,4,7-11H2,1H3,(H,18,19,20). The van der Waals surface area contributed by atoms with Crippen LogP contribution >= 0.6 is 0 Å². The summed E-state index contributed by atoms with van der Waals surface area (Å²) in [6.07, 6.45) is 4.13. The van der Waals surface area contributed by atoms with Crippen LogP contribution in [0, 0.1) is 0 Å². The summed E-state index contributed by atoms with van der Waals surface area (Å²) < 4.78 is 5.17. The maximum absolute atomic E-state index is 5.17. The Kier molecular flexibility index (Phi) is 4.50. The van der Waals surface area contributed by atoms with Gasteiger partial charge < -0.3 is 10.1 Å². The van der Waals surface area contributed by atoms with Crippen molar-refractivity contribution in [3.63, 3.8) is 0 Å². The second kappa shape index (κ2) is 6.72. The van der Waals surface area contributed by atoms with Crippen LogP contribution in [-0.4, -0.2) is 35.4 Å². The van der Waals surface area contributed by atoms with E-state index < -0.39 is 0 Å². The number of hydrogen-bond donors (Lipinski definition) is 2. The molecule has 5 heteroatoms. The van der Waals surface area contributed by atoms with Gasteiger partial charge in [0.05, 0.1) is 7.11 Å². The Morgan fingerprint density at radius 1 is 1.14 bits per heavy atom. The van der Waals surface area contributed by atoms with Crippen LogP contribution in [0.3, 0.4) is 0 Å². The van der Waals surface area contributed by atoms with Gasteiger partial charge in [-0.3, -0.25) is 5.10 Å². The van der Waals surface area contributed by atoms with Crippen LogP contribution in [0.15, 0.2) is 24.3 Å². The molecule has 3 rings (SSSR count). The normalized spacial score (nSPS) is 16.0. The van der Waals surface area contributed by atoms with Crippen molar-refractivity contribution in [2.75, 3.05) is 20.2 Å². The Balaban J connectivity index is 1.56. The molecule has 2 heterocycles. The van der Waals surface area contributed by atoms with Crippen molar-refractivity contribution in [2.45, 2.75) is 31.6 Å². The number of H-pyrrole nitrogens is 1. The van der Waals surface area contributed by atoms with Gasteiger partial charge in [0.25, 0.3) is 0 Å². The fourth-order valence-corrected chi connectivity index (χ4v) is 2.74. The SMILES string of the molecule is COc1ccc(CCc2nc(C3CCNCC3)n[nH]2)cc1. The Morgan fingerprint density at radius 3 is 2.62 bits per heavy atom.